The maximum atomic E-state index is 14.9. The highest BCUT2D eigenvalue weighted by Crippen LogP contribution is 2.78. The predicted molar refractivity (Wildman–Crippen MR) is 219 cm³/mol. The summed E-state index contributed by atoms with van der Waals surface area (Å²) in [6.45, 7) is 8.40. The molecule has 3 saturated carbocycles. The number of rotatable bonds is 14. The van der Waals surface area contributed by atoms with E-state index in [2.05, 4.69) is 37.0 Å². The van der Waals surface area contributed by atoms with Crippen LogP contribution in [0.15, 0.2) is 84.5 Å². The first kappa shape index (κ1) is 39.5. The molecule has 1 heterocycles. The molecule has 3 fully saturated rings. The van der Waals surface area contributed by atoms with Crippen LogP contribution in [-0.4, -0.2) is 77.7 Å². The molecule has 2 aromatic carbocycles. The number of hydrogen-bond acceptors (Lipinski definition) is 9. The molecule has 0 radical (unpaired) electrons. The third kappa shape index (κ3) is 6.32. The van der Waals surface area contributed by atoms with E-state index in [1.165, 1.54) is 0 Å². The van der Waals surface area contributed by atoms with Crippen molar-refractivity contribution in [2.45, 2.75) is 96.7 Å². The number of ketones is 1. The van der Waals surface area contributed by atoms with Crippen LogP contribution in [0.2, 0.25) is 0 Å². The number of benzene rings is 2. The second-order valence-electron chi connectivity index (χ2n) is 18.1. The Hall–Kier alpha value is -3.31. The van der Waals surface area contributed by atoms with E-state index in [9.17, 15) is 20.1 Å². The Labute approximate surface area is 336 Å². The number of aliphatic hydroxyl groups is 3. The molecule has 2 spiro atoms. The van der Waals surface area contributed by atoms with Crippen LogP contribution < -0.4 is 9.47 Å². The molecule has 0 amide bonds. The lowest BCUT2D eigenvalue weighted by Crippen LogP contribution is -2.67. The average Bonchev–Trinajstić information content (AvgIpc) is 3.74. The molecule has 9 rings (SSSR count). The van der Waals surface area contributed by atoms with Crippen molar-refractivity contribution in [1.82, 2.24) is 4.90 Å². The number of aliphatic hydroxyl groups excluding tert-OH is 2. The fourth-order valence-corrected chi connectivity index (χ4v) is 13.1. The summed E-state index contributed by atoms with van der Waals surface area (Å²) in [4.78, 5) is 18.9. The number of fused-ring (bicyclic) bond motifs is 1. The molecule has 6 aliphatic carbocycles. The molecule has 3 N–H and O–H groups in total. The van der Waals surface area contributed by atoms with Crippen LogP contribution in [0.3, 0.4) is 0 Å². The minimum Gasteiger partial charge on any atom is -0.497 e. The zero-order valence-electron chi connectivity index (χ0n) is 33.6. The van der Waals surface area contributed by atoms with Crippen molar-refractivity contribution < 1.29 is 34.3 Å². The highest BCUT2D eigenvalue weighted by Gasteiger charge is 2.74. The first-order valence-corrected chi connectivity index (χ1v) is 21.3. The number of methoxy groups -OCH3 is 2. The minimum atomic E-state index is -1.10. The van der Waals surface area contributed by atoms with Gasteiger partial charge in [-0.2, -0.15) is 0 Å². The number of ether oxygens (including phenoxy) is 3. The van der Waals surface area contributed by atoms with Gasteiger partial charge in [0.05, 0.1) is 50.1 Å². The van der Waals surface area contributed by atoms with Crippen LogP contribution in [0.25, 0.3) is 0 Å². The van der Waals surface area contributed by atoms with Crippen LogP contribution in [0.1, 0.15) is 84.5 Å². The van der Waals surface area contributed by atoms with Crippen molar-refractivity contribution in [3.63, 3.8) is 0 Å². The lowest BCUT2D eigenvalue weighted by molar-refractivity contribution is -0.177. The Kier molecular flexibility index (Phi) is 10.5. The van der Waals surface area contributed by atoms with E-state index >= 15 is 0 Å². The van der Waals surface area contributed by atoms with E-state index in [0.29, 0.717) is 50.6 Å². The fraction of sp³-hybridized carbons (Fsp3) is 0.553. The van der Waals surface area contributed by atoms with Gasteiger partial charge < -0.3 is 29.5 Å². The molecule has 9 unspecified atom stereocenters. The Morgan fingerprint density at radius 2 is 1.70 bits per heavy atom. The van der Waals surface area contributed by atoms with E-state index in [-0.39, 0.29) is 35.1 Å². The Morgan fingerprint density at radius 1 is 0.946 bits per heavy atom. The van der Waals surface area contributed by atoms with Gasteiger partial charge in [0.1, 0.15) is 11.5 Å². The second-order valence-corrected chi connectivity index (χ2v) is 19.3. The molecular formula is C47H59NO7S. The Morgan fingerprint density at radius 3 is 2.43 bits per heavy atom. The number of nitrogens with zero attached hydrogens (tertiary/aromatic N) is 1. The van der Waals surface area contributed by atoms with Gasteiger partial charge in [0.15, 0.2) is 5.78 Å². The lowest BCUT2D eigenvalue weighted by Gasteiger charge is -2.71. The smallest absolute Gasteiger partial charge is 0.199 e. The van der Waals surface area contributed by atoms with E-state index in [1.54, 1.807) is 25.6 Å². The summed E-state index contributed by atoms with van der Waals surface area (Å²) >= 11 is 1.56. The normalized spacial score (nSPS) is 34.7. The van der Waals surface area contributed by atoms with Crippen molar-refractivity contribution in [3.8, 4) is 11.5 Å². The summed E-state index contributed by atoms with van der Waals surface area (Å²) in [6.07, 6.45) is 11.3. The summed E-state index contributed by atoms with van der Waals surface area (Å²) < 4.78 is 17.3. The zero-order chi connectivity index (χ0) is 39.5. The molecule has 300 valence electrons. The number of thiophene rings is 1. The molecule has 56 heavy (non-hydrogen) atoms. The summed E-state index contributed by atoms with van der Waals surface area (Å²) in [5, 5.41) is 35.8. The molecule has 8 nitrogen and oxygen atoms in total. The number of carbonyl (C=O) groups excluding carboxylic acids is 1. The van der Waals surface area contributed by atoms with Gasteiger partial charge in [-0.3, -0.25) is 9.69 Å². The average molecular weight is 782 g/mol. The number of aryl methyl sites for hydroxylation is 1. The van der Waals surface area contributed by atoms with Crippen molar-refractivity contribution in [3.05, 3.63) is 105 Å². The third-order valence-electron chi connectivity index (χ3n) is 15.2. The van der Waals surface area contributed by atoms with Crippen molar-refractivity contribution in [2.24, 2.45) is 33.5 Å². The van der Waals surface area contributed by atoms with Crippen LogP contribution in [0.5, 0.6) is 11.5 Å². The van der Waals surface area contributed by atoms with Gasteiger partial charge in [0.25, 0.3) is 0 Å². The van der Waals surface area contributed by atoms with Crippen LogP contribution in [0, 0.1) is 40.4 Å². The molecule has 1 aromatic heterocycles. The van der Waals surface area contributed by atoms with Crippen molar-refractivity contribution in [2.75, 3.05) is 33.9 Å². The summed E-state index contributed by atoms with van der Waals surface area (Å²) in [5.41, 5.74) is 0.248. The topological polar surface area (TPSA) is 109 Å². The first-order valence-electron chi connectivity index (χ1n) is 20.5. The Bertz CT molecular complexity index is 1990. The fourth-order valence-electron chi connectivity index (χ4n) is 12.3. The van der Waals surface area contributed by atoms with Gasteiger partial charge >= 0.3 is 0 Å². The van der Waals surface area contributed by atoms with Crippen LogP contribution in [0.4, 0.5) is 0 Å². The summed E-state index contributed by atoms with van der Waals surface area (Å²) in [5.74, 6) is 1.74. The molecule has 6 aliphatic rings. The molecular weight excluding hydrogens is 723 g/mol. The SMILES string of the molecule is COc1ccc(CN(CC(O)COCc2ccccc2)CC2(O)CCC3C45C=CC6(C=C4C(=O)c4ccc(C)s4)CC(O)CCC6(C)C5CCC32C)c(OC)c1. The number of hydrogen-bond donors (Lipinski definition) is 3. The first-order chi connectivity index (χ1) is 26.8. The zero-order valence-corrected chi connectivity index (χ0v) is 34.4. The second kappa shape index (κ2) is 14.8. The standard InChI is InChI=1S/C47H59NO7S/c1-31-11-14-39(56-31)42(51)37-25-45-21-22-47(37)40(43(45,2)18-15-34(49)24-45)16-19-44(3)41(47)17-20-46(44,52)30-48(26-33-12-13-36(53-4)23-38(33)54-5)27-35(50)29-55-28-32-9-7-6-8-10-32/h6-14,21-23,25,34-35,40-41,49-50,52H,15-20,24,26-30H2,1-5H3. The number of allylic oxidation sites excluding steroid dienone is 4. The lowest BCUT2D eigenvalue weighted by atomic mass is 9.32. The van der Waals surface area contributed by atoms with E-state index in [4.69, 9.17) is 14.2 Å². The molecule has 0 saturated heterocycles. The van der Waals surface area contributed by atoms with E-state index in [0.717, 1.165) is 58.6 Å². The minimum absolute atomic E-state index is 0.0322. The number of Topliss-reactive ketones (excluding diaryl/α,β-unsaturated/α-hetero) is 1. The molecule has 9 atom stereocenters. The summed E-state index contributed by atoms with van der Waals surface area (Å²) in [7, 11) is 3.28. The molecule has 2 bridgehead atoms. The van der Waals surface area contributed by atoms with Gasteiger partial charge in [-0.15, -0.1) is 11.3 Å². The Balaban J connectivity index is 1.13. The van der Waals surface area contributed by atoms with Crippen molar-refractivity contribution in [1.29, 1.82) is 0 Å². The molecule has 0 aliphatic heterocycles. The quantitative estimate of drug-likeness (QED) is 0.112. The number of carbonyl (C=O) groups is 1. The molecule has 3 aromatic rings. The monoisotopic (exact) mass is 781 g/mol. The largest absolute Gasteiger partial charge is 0.497 e. The van der Waals surface area contributed by atoms with Gasteiger partial charge in [0.2, 0.25) is 0 Å². The van der Waals surface area contributed by atoms with E-state index in [1.807, 2.05) is 67.6 Å². The predicted octanol–water partition coefficient (Wildman–Crippen LogP) is 7.93. The van der Waals surface area contributed by atoms with Crippen molar-refractivity contribution >= 4 is 17.1 Å². The van der Waals surface area contributed by atoms with Gasteiger partial charge in [-0.25, -0.2) is 0 Å². The highest BCUT2D eigenvalue weighted by molar-refractivity contribution is 7.14. The van der Waals surface area contributed by atoms with Gasteiger partial charge in [-0.05, 0) is 92.9 Å². The van der Waals surface area contributed by atoms with Gasteiger partial charge in [-0.1, -0.05) is 68.5 Å². The highest BCUT2D eigenvalue weighted by atomic mass is 32.1. The van der Waals surface area contributed by atoms with Crippen LogP contribution >= 0.6 is 11.3 Å². The van der Waals surface area contributed by atoms with Crippen LogP contribution in [-0.2, 0) is 17.9 Å². The maximum absolute atomic E-state index is 14.9. The van der Waals surface area contributed by atoms with Gasteiger partial charge in [0, 0.05) is 58.0 Å². The van der Waals surface area contributed by atoms with E-state index < -0.39 is 28.6 Å². The summed E-state index contributed by atoms with van der Waals surface area (Å²) in [6, 6.07) is 19.7. The maximum Gasteiger partial charge on any atom is 0.199 e. The third-order valence-corrected chi connectivity index (χ3v) is 16.2. The molecule has 9 heteroatoms.